The number of aryl methyl sites for hydroxylation is 1. The molecule has 9 nitrogen and oxygen atoms in total. The Bertz CT molecular complexity index is 1430. The highest BCUT2D eigenvalue weighted by atomic mass is 19.1. The van der Waals surface area contributed by atoms with Crippen LogP contribution < -0.4 is 16.2 Å². The third-order valence-corrected chi connectivity index (χ3v) is 5.58. The van der Waals surface area contributed by atoms with Crippen molar-refractivity contribution in [1.82, 2.24) is 9.78 Å². The second-order valence-electron chi connectivity index (χ2n) is 7.76. The summed E-state index contributed by atoms with van der Waals surface area (Å²) >= 11 is 0. The zero-order valence-corrected chi connectivity index (χ0v) is 17.9. The second-order valence-corrected chi connectivity index (χ2v) is 7.76. The number of aromatic nitrogens is 2. The van der Waals surface area contributed by atoms with Gasteiger partial charge in [0.15, 0.2) is 0 Å². The van der Waals surface area contributed by atoms with Crippen molar-refractivity contribution in [1.29, 1.82) is 0 Å². The standard InChI is InChI=1S/C24H19FN4O5/c1-13-8-19(20(10-16(13)23(26)32)29-21(30)6-3-7-27-29)28-12-18(24(33)34)17(11-22(28)31)14-4-2-5-15(25)9-14/h2-10,12,17H,11H2,1H3,(H2,26,32)(H,33,34)/t17-/m0/s1. The SMILES string of the molecule is Cc1cc(N2C=C(C(=O)O)[C@H](c3cccc(F)c3)CC2=O)c(-n2ncccc2=O)cc1C(N)=O. The molecule has 34 heavy (non-hydrogen) atoms. The summed E-state index contributed by atoms with van der Waals surface area (Å²) in [6.45, 7) is 1.60. The van der Waals surface area contributed by atoms with E-state index in [4.69, 9.17) is 5.73 Å². The maximum Gasteiger partial charge on any atom is 0.333 e. The molecule has 0 unspecified atom stereocenters. The van der Waals surface area contributed by atoms with Crippen LogP contribution in [0.2, 0.25) is 0 Å². The van der Waals surface area contributed by atoms with Crippen LogP contribution >= 0.6 is 0 Å². The summed E-state index contributed by atoms with van der Waals surface area (Å²) in [7, 11) is 0. The highest BCUT2D eigenvalue weighted by Gasteiger charge is 2.34. The zero-order chi connectivity index (χ0) is 24.6. The topological polar surface area (TPSA) is 136 Å². The number of halogens is 1. The summed E-state index contributed by atoms with van der Waals surface area (Å²) in [5, 5.41) is 13.9. The van der Waals surface area contributed by atoms with Crippen LogP contribution in [0.3, 0.4) is 0 Å². The first kappa shape index (κ1) is 22.6. The van der Waals surface area contributed by atoms with Crippen LogP contribution in [-0.2, 0) is 9.59 Å². The Morgan fingerprint density at radius 3 is 2.53 bits per heavy atom. The number of benzene rings is 2. The molecule has 3 aromatic rings. The number of nitrogens with two attached hydrogens (primary N) is 1. The molecule has 1 atom stereocenters. The van der Waals surface area contributed by atoms with Crippen molar-refractivity contribution in [2.45, 2.75) is 19.3 Å². The van der Waals surface area contributed by atoms with E-state index in [2.05, 4.69) is 5.10 Å². The van der Waals surface area contributed by atoms with Gasteiger partial charge in [0.2, 0.25) is 11.8 Å². The van der Waals surface area contributed by atoms with Crippen LogP contribution in [0.1, 0.15) is 33.8 Å². The minimum Gasteiger partial charge on any atom is -0.478 e. The van der Waals surface area contributed by atoms with Crippen LogP contribution in [0.15, 0.2) is 71.3 Å². The number of anilines is 1. The second kappa shape index (κ2) is 8.74. The molecule has 2 aromatic carbocycles. The molecular formula is C24H19FN4O5. The van der Waals surface area contributed by atoms with Gasteiger partial charge in [-0.15, -0.1) is 0 Å². The zero-order valence-electron chi connectivity index (χ0n) is 17.9. The number of hydrogen-bond donors (Lipinski definition) is 2. The van der Waals surface area contributed by atoms with Gasteiger partial charge in [-0.05, 0) is 48.4 Å². The van der Waals surface area contributed by atoms with Crippen molar-refractivity contribution in [2.24, 2.45) is 5.73 Å². The van der Waals surface area contributed by atoms with Crippen molar-refractivity contribution in [3.05, 3.63) is 99.4 Å². The normalized spacial score (nSPS) is 15.7. The van der Waals surface area contributed by atoms with Crippen molar-refractivity contribution < 1.29 is 23.9 Å². The molecule has 2 amide bonds. The largest absolute Gasteiger partial charge is 0.478 e. The summed E-state index contributed by atoms with van der Waals surface area (Å²) < 4.78 is 14.8. The number of rotatable bonds is 5. The van der Waals surface area contributed by atoms with E-state index in [9.17, 15) is 28.7 Å². The Hall–Kier alpha value is -4.60. The van der Waals surface area contributed by atoms with E-state index in [1.54, 1.807) is 13.0 Å². The van der Waals surface area contributed by atoms with Gasteiger partial charge in [0.25, 0.3) is 5.56 Å². The molecule has 10 heteroatoms. The molecule has 1 aromatic heterocycles. The number of primary amides is 1. The third kappa shape index (κ3) is 4.08. The van der Waals surface area contributed by atoms with Gasteiger partial charge in [-0.1, -0.05) is 12.1 Å². The molecular weight excluding hydrogens is 443 g/mol. The highest BCUT2D eigenvalue weighted by molar-refractivity contribution is 6.04. The average Bonchev–Trinajstić information content (AvgIpc) is 2.79. The summed E-state index contributed by atoms with van der Waals surface area (Å²) in [5.74, 6) is -3.94. The molecule has 1 aliphatic heterocycles. The fourth-order valence-electron chi connectivity index (χ4n) is 3.96. The molecule has 172 valence electrons. The number of amides is 2. The molecule has 3 N–H and O–H groups in total. The van der Waals surface area contributed by atoms with E-state index in [0.717, 1.165) is 15.8 Å². The number of carboxylic acids is 1. The summed E-state index contributed by atoms with van der Waals surface area (Å²) in [6.07, 6.45) is 2.25. The fourth-order valence-corrected chi connectivity index (χ4v) is 3.96. The third-order valence-electron chi connectivity index (χ3n) is 5.58. The quantitative estimate of drug-likeness (QED) is 0.597. The Kier molecular flexibility index (Phi) is 5.80. The predicted molar refractivity (Wildman–Crippen MR) is 120 cm³/mol. The Morgan fingerprint density at radius 2 is 1.88 bits per heavy atom. The first-order chi connectivity index (χ1) is 16.2. The van der Waals surface area contributed by atoms with Gasteiger partial charge < -0.3 is 10.8 Å². The van der Waals surface area contributed by atoms with Gasteiger partial charge in [0.05, 0.1) is 16.9 Å². The Labute approximate surface area is 192 Å². The van der Waals surface area contributed by atoms with Crippen LogP contribution in [0.25, 0.3) is 5.69 Å². The molecule has 2 heterocycles. The number of hydrogen-bond acceptors (Lipinski definition) is 5. The first-order valence-corrected chi connectivity index (χ1v) is 10.2. The molecule has 0 aliphatic carbocycles. The molecule has 0 spiro atoms. The molecule has 1 aliphatic rings. The highest BCUT2D eigenvalue weighted by Crippen LogP contribution is 2.37. The first-order valence-electron chi connectivity index (χ1n) is 10.2. The van der Waals surface area contributed by atoms with Gasteiger partial charge in [-0.3, -0.25) is 19.3 Å². The van der Waals surface area contributed by atoms with E-state index < -0.39 is 35.1 Å². The molecule has 0 bridgehead atoms. The van der Waals surface area contributed by atoms with Crippen LogP contribution in [0.5, 0.6) is 0 Å². The van der Waals surface area contributed by atoms with E-state index in [1.165, 1.54) is 48.7 Å². The molecule has 0 radical (unpaired) electrons. The minimum atomic E-state index is -1.28. The van der Waals surface area contributed by atoms with E-state index in [1.807, 2.05) is 0 Å². The van der Waals surface area contributed by atoms with Gasteiger partial charge in [-0.25, -0.2) is 9.18 Å². The van der Waals surface area contributed by atoms with Gasteiger partial charge in [0, 0.05) is 36.4 Å². The Balaban J connectivity index is 1.93. The van der Waals surface area contributed by atoms with Crippen LogP contribution in [0.4, 0.5) is 10.1 Å². The molecule has 0 saturated heterocycles. The lowest BCUT2D eigenvalue weighted by atomic mass is 9.85. The number of nitrogens with zero attached hydrogens (tertiary/aromatic N) is 3. The summed E-state index contributed by atoms with van der Waals surface area (Å²) in [6, 6.07) is 10.9. The van der Waals surface area contributed by atoms with Crippen molar-refractivity contribution in [3.63, 3.8) is 0 Å². The monoisotopic (exact) mass is 462 g/mol. The molecule has 0 fully saturated rings. The fraction of sp³-hybridized carbons (Fsp3) is 0.125. The Morgan fingerprint density at radius 1 is 1.12 bits per heavy atom. The number of carbonyl (C=O) groups excluding carboxylic acids is 2. The lowest BCUT2D eigenvalue weighted by Gasteiger charge is -2.31. The lowest BCUT2D eigenvalue weighted by molar-refractivity contribution is -0.133. The van der Waals surface area contributed by atoms with Gasteiger partial charge in [-0.2, -0.15) is 9.78 Å². The average molecular weight is 462 g/mol. The maximum atomic E-state index is 13.8. The van der Waals surface area contributed by atoms with Crippen LogP contribution in [-0.4, -0.2) is 32.7 Å². The predicted octanol–water partition coefficient (Wildman–Crippen LogP) is 2.27. The smallest absolute Gasteiger partial charge is 0.333 e. The number of carboxylic acid groups (broad SMARTS) is 1. The van der Waals surface area contributed by atoms with E-state index in [-0.39, 0.29) is 28.9 Å². The van der Waals surface area contributed by atoms with Gasteiger partial charge in [0.1, 0.15) is 5.82 Å². The number of aliphatic carboxylic acids is 1. The van der Waals surface area contributed by atoms with Gasteiger partial charge >= 0.3 is 5.97 Å². The van der Waals surface area contributed by atoms with Crippen molar-refractivity contribution >= 4 is 23.5 Å². The minimum absolute atomic E-state index is 0.0727. The molecule has 0 saturated carbocycles. The maximum absolute atomic E-state index is 13.8. The molecule has 4 rings (SSSR count). The summed E-state index contributed by atoms with van der Waals surface area (Å²) in [5.41, 5.74) is 5.89. The number of carbonyl (C=O) groups is 3. The van der Waals surface area contributed by atoms with E-state index in [0.29, 0.717) is 11.1 Å². The summed E-state index contributed by atoms with van der Waals surface area (Å²) in [4.78, 5) is 50.8. The van der Waals surface area contributed by atoms with Crippen molar-refractivity contribution in [2.75, 3.05) is 4.90 Å². The lowest BCUT2D eigenvalue weighted by Crippen LogP contribution is -2.36. The van der Waals surface area contributed by atoms with E-state index >= 15 is 0 Å². The van der Waals surface area contributed by atoms with Crippen molar-refractivity contribution in [3.8, 4) is 5.69 Å². The van der Waals surface area contributed by atoms with Crippen LogP contribution in [0, 0.1) is 12.7 Å².